The van der Waals surface area contributed by atoms with Crippen LogP contribution in [0.15, 0.2) is 30.3 Å². The summed E-state index contributed by atoms with van der Waals surface area (Å²) in [6, 6.07) is 8.96. The van der Waals surface area contributed by atoms with Crippen LogP contribution in [0.5, 0.6) is 0 Å². The standard InChI is InChI=1S/C12H13NO4/c1-16-8-11(14)13-10(7-17-12(13)15)9-5-3-2-4-6-9/h2-6,10H,7-8H2,1H3/t10-/m1/s1. The molecule has 1 atom stereocenters. The van der Waals surface area contributed by atoms with E-state index < -0.39 is 6.09 Å². The van der Waals surface area contributed by atoms with Crippen LogP contribution in [0.25, 0.3) is 0 Å². The molecule has 5 nitrogen and oxygen atoms in total. The van der Waals surface area contributed by atoms with Crippen LogP contribution >= 0.6 is 0 Å². The van der Waals surface area contributed by atoms with Crippen molar-refractivity contribution in [1.82, 2.24) is 4.90 Å². The normalized spacial score (nSPS) is 19.2. The highest BCUT2D eigenvalue weighted by Gasteiger charge is 2.38. The Bertz CT molecular complexity index is 418. The fourth-order valence-corrected chi connectivity index (χ4v) is 1.81. The van der Waals surface area contributed by atoms with E-state index in [-0.39, 0.29) is 25.2 Å². The Kier molecular flexibility index (Phi) is 3.39. The van der Waals surface area contributed by atoms with Gasteiger partial charge in [-0.2, -0.15) is 0 Å². The van der Waals surface area contributed by atoms with Crippen molar-refractivity contribution in [2.24, 2.45) is 0 Å². The Morgan fingerprint density at radius 2 is 2.18 bits per heavy atom. The quantitative estimate of drug-likeness (QED) is 0.793. The van der Waals surface area contributed by atoms with Crippen molar-refractivity contribution < 1.29 is 19.1 Å². The van der Waals surface area contributed by atoms with Crippen molar-refractivity contribution in [2.75, 3.05) is 20.3 Å². The Labute approximate surface area is 98.9 Å². The summed E-state index contributed by atoms with van der Waals surface area (Å²) in [7, 11) is 1.41. The van der Waals surface area contributed by atoms with Crippen molar-refractivity contribution in [3.05, 3.63) is 35.9 Å². The molecule has 0 aromatic heterocycles. The molecule has 2 rings (SSSR count). The molecule has 0 N–H and O–H groups in total. The summed E-state index contributed by atoms with van der Waals surface area (Å²) in [5.74, 6) is -0.385. The first kappa shape index (κ1) is 11.6. The first-order chi connectivity index (χ1) is 8.24. The number of ether oxygens (including phenoxy) is 2. The number of carbonyl (C=O) groups is 2. The van der Waals surface area contributed by atoms with E-state index in [0.29, 0.717) is 0 Å². The number of hydrogen-bond acceptors (Lipinski definition) is 4. The van der Waals surface area contributed by atoms with Crippen molar-refractivity contribution >= 4 is 12.0 Å². The molecular weight excluding hydrogens is 222 g/mol. The zero-order valence-electron chi connectivity index (χ0n) is 9.46. The zero-order valence-corrected chi connectivity index (χ0v) is 9.46. The van der Waals surface area contributed by atoms with Crippen LogP contribution in [0.4, 0.5) is 4.79 Å². The second-order valence-corrected chi connectivity index (χ2v) is 3.70. The van der Waals surface area contributed by atoms with E-state index in [1.54, 1.807) is 0 Å². The van der Waals surface area contributed by atoms with Crippen LogP contribution in [0, 0.1) is 0 Å². The van der Waals surface area contributed by atoms with Crippen LogP contribution < -0.4 is 0 Å². The van der Waals surface area contributed by atoms with E-state index >= 15 is 0 Å². The van der Waals surface area contributed by atoms with Crippen molar-refractivity contribution in [2.45, 2.75) is 6.04 Å². The zero-order chi connectivity index (χ0) is 12.3. The van der Waals surface area contributed by atoms with Crippen molar-refractivity contribution in [3.8, 4) is 0 Å². The third kappa shape index (κ3) is 2.29. The Hall–Kier alpha value is -1.88. The number of carbonyl (C=O) groups excluding carboxylic acids is 2. The second kappa shape index (κ2) is 4.97. The number of methoxy groups -OCH3 is 1. The summed E-state index contributed by atoms with van der Waals surface area (Å²) in [4.78, 5) is 24.4. The molecule has 90 valence electrons. The van der Waals surface area contributed by atoms with Gasteiger partial charge in [0.25, 0.3) is 5.91 Å². The van der Waals surface area contributed by atoms with Crippen molar-refractivity contribution in [1.29, 1.82) is 0 Å². The third-order valence-corrected chi connectivity index (χ3v) is 2.59. The van der Waals surface area contributed by atoms with Crippen LogP contribution in [0.2, 0.25) is 0 Å². The van der Waals surface area contributed by atoms with Gasteiger partial charge in [0.15, 0.2) is 0 Å². The van der Waals surface area contributed by atoms with E-state index in [9.17, 15) is 9.59 Å². The van der Waals surface area contributed by atoms with Gasteiger partial charge in [-0.1, -0.05) is 30.3 Å². The van der Waals surface area contributed by atoms with Gasteiger partial charge in [0.2, 0.25) is 0 Å². The van der Waals surface area contributed by atoms with Crippen LogP contribution in [0.1, 0.15) is 11.6 Å². The average Bonchev–Trinajstić information content (AvgIpc) is 2.73. The monoisotopic (exact) mass is 235 g/mol. The van der Waals surface area contributed by atoms with Gasteiger partial charge in [-0.3, -0.25) is 4.79 Å². The number of rotatable bonds is 3. The number of imide groups is 1. The molecule has 0 saturated carbocycles. The van der Waals surface area contributed by atoms with Gasteiger partial charge in [0.1, 0.15) is 19.3 Å². The van der Waals surface area contributed by atoms with Gasteiger partial charge in [-0.05, 0) is 5.56 Å². The van der Waals surface area contributed by atoms with Gasteiger partial charge in [-0.25, -0.2) is 9.69 Å². The molecule has 1 fully saturated rings. The van der Waals surface area contributed by atoms with E-state index in [4.69, 9.17) is 9.47 Å². The summed E-state index contributed by atoms with van der Waals surface area (Å²) in [6.07, 6.45) is -0.610. The molecule has 1 saturated heterocycles. The van der Waals surface area contributed by atoms with Gasteiger partial charge in [0.05, 0.1) is 0 Å². The minimum absolute atomic E-state index is 0.127. The molecule has 1 aliphatic rings. The smallest absolute Gasteiger partial charge is 0.417 e. The number of amides is 2. The maximum Gasteiger partial charge on any atom is 0.417 e. The molecule has 0 bridgehead atoms. The Morgan fingerprint density at radius 3 is 2.82 bits per heavy atom. The highest BCUT2D eigenvalue weighted by Crippen LogP contribution is 2.27. The molecule has 0 radical (unpaired) electrons. The lowest BCUT2D eigenvalue weighted by atomic mass is 10.1. The van der Waals surface area contributed by atoms with Crippen LogP contribution in [-0.2, 0) is 14.3 Å². The second-order valence-electron chi connectivity index (χ2n) is 3.70. The summed E-state index contributed by atoms with van der Waals surface area (Å²) in [6.45, 7) is 0.0662. The maximum atomic E-state index is 11.7. The highest BCUT2D eigenvalue weighted by atomic mass is 16.6. The molecule has 2 amide bonds. The minimum atomic E-state index is -0.610. The van der Waals surface area contributed by atoms with Gasteiger partial charge >= 0.3 is 6.09 Å². The molecular formula is C12H13NO4. The summed E-state index contributed by atoms with van der Waals surface area (Å²) >= 11 is 0. The molecule has 1 aromatic carbocycles. The minimum Gasteiger partial charge on any atom is -0.446 e. The molecule has 0 spiro atoms. The van der Waals surface area contributed by atoms with Crippen molar-refractivity contribution in [3.63, 3.8) is 0 Å². The number of hydrogen-bond donors (Lipinski definition) is 0. The SMILES string of the molecule is COCC(=O)N1C(=O)OC[C@@H]1c1ccccc1. The van der Waals surface area contributed by atoms with E-state index in [0.717, 1.165) is 10.5 Å². The lowest BCUT2D eigenvalue weighted by Gasteiger charge is -2.19. The third-order valence-electron chi connectivity index (χ3n) is 2.59. The predicted octanol–water partition coefficient (Wildman–Crippen LogP) is 1.35. The van der Waals surface area contributed by atoms with Gasteiger partial charge in [-0.15, -0.1) is 0 Å². The van der Waals surface area contributed by atoms with Crippen LogP contribution in [-0.4, -0.2) is 37.2 Å². The Morgan fingerprint density at radius 1 is 1.47 bits per heavy atom. The van der Waals surface area contributed by atoms with E-state index in [1.165, 1.54) is 7.11 Å². The number of cyclic esters (lactones) is 1. The fraction of sp³-hybridized carbons (Fsp3) is 0.333. The molecule has 1 aromatic rings. The lowest BCUT2D eigenvalue weighted by molar-refractivity contribution is -0.133. The molecule has 5 heteroatoms. The van der Waals surface area contributed by atoms with E-state index in [2.05, 4.69) is 0 Å². The largest absolute Gasteiger partial charge is 0.446 e. The molecule has 0 aliphatic carbocycles. The fourth-order valence-electron chi connectivity index (χ4n) is 1.81. The summed E-state index contributed by atoms with van der Waals surface area (Å²) < 4.78 is 9.66. The predicted molar refractivity (Wildman–Crippen MR) is 59.3 cm³/mol. The molecule has 17 heavy (non-hydrogen) atoms. The lowest BCUT2D eigenvalue weighted by Crippen LogP contribution is -2.36. The average molecular weight is 235 g/mol. The highest BCUT2D eigenvalue weighted by molar-refractivity contribution is 5.94. The summed E-state index contributed by atoms with van der Waals surface area (Å²) in [5.41, 5.74) is 0.878. The first-order valence-corrected chi connectivity index (χ1v) is 5.26. The number of nitrogens with zero attached hydrogens (tertiary/aromatic N) is 1. The van der Waals surface area contributed by atoms with E-state index in [1.807, 2.05) is 30.3 Å². The van der Waals surface area contributed by atoms with Gasteiger partial charge in [0, 0.05) is 7.11 Å². The summed E-state index contributed by atoms with van der Waals surface area (Å²) in [5, 5.41) is 0. The van der Waals surface area contributed by atoms with Gasteiger partial charge < -0.3 is 9.47 Å². The molecule has 0 unspecified atom stereocenters. The maximum absolute atomic E-state index is 11.7. The molecule has 1 heterocycles. The van der Waals surface area contributed by atoms with Crippen LogP contribution in [0.3, 0.4) is 0 Å². The number of benzene rings is 1. The Balaban J connectivity index is 2.22. The topological polar surface area (TPSA) is 55.8 Å². The molecule has 1 aliphatic heterocycles. The first-order valence-electron chi connectivity index (χ1n) is 5.26.